The van der Waals surface area contributed by atoms with E-state index >= 15 is 0 Å². The highest BCUT2D eigenvalue weighted by molar-refractivity contribution is 6.30. The van der Waals surface area contributed by atoms with Crippen LogP contribution in [0.25, 0.3) is 11.0 Å². The van der Waals surface area contributed by atoms with E-state index in [1.807, 2.05) is 0 Å². The number of halogens is 4. The molecule has 0 N–H and O–H groups in total. The number of rotatable bonds is 3. The van der Waals surface area contributed by atoms with E-state index in [0.29, 0.717) is 22.9 Å². The molecule has 0 saturated heterocycles. The number of nitrogens with zero attached hydrogens (tertiary/aromatic N) is 3. The molecular formula is C15H9ClF3N3O. The molecule has 0 unspecified atom stereocenters. The molecule has 8 heteroatoms. The van der Waals surface area contributed by atoms with Gasteiger partial charge < -0.3 is 0 Å². The first-order valence-electron chi connectivity index (χ1n) is 6.52. The van der Waals surface area contributed by atoms with Crippen molar-refractivity contribution in [2.75, 3.05) is 0 Å². The van der Waals surface area contributed by atoms with Crippen LogP contribution in [0.1, 0.15) is 21.5 Å². The molecule has 0 fully saturated rings. The summed E-state index contributed by atoms with van der Waals surface area (Å²) in [4.78, 5) is 10.7. The lowest BCUT2D eigenvalue weighted by Gasteiger charge is -2.13. The van der Waals surface area contributed by atoms with E-state index < -0.39 is 11.7 Å². The van der Waals surface area contributed by atoms with Gasteiger partial charge in [0.05, 0.1) is 17.6 Å². The molecule has 0 aliphatic heterocycles. The van der Waals surface area contributed by atoms with Crippen LogP contribution in [-0.4, -0.2) is 21.3 Å². The number of aldehydes is 1. The Bertz CT molecular complexity index is 889. The van der Waals surface area contributed by atoms with E-state index in [2.05, 4.69) is 10.3 Å². The summed E-state index contributed by atoms with van der Waals surface area (Å²) in [5.41, 5.74) is 0.633. The molecule has 0 bridgehead atoms. The van der Waals surface area contributed by atoms with Gasteiger partial charge in [-0.2, -0.15) is 13.2 Å². The molecule has 3 rings (SSSR count). The van der Waals surface area contributed by atoms with E-state index in [-0.39, 0.29) is 17.1 Å². The largest absolute Gasteiger partial charge is 0.416 e. The van der Waals surface area contributed by atoms with E-state index in [1.54, 1.807) is 12.1 Å². The number of carbonyl (C=O) groups is 1. The first kappa shape index (κ1) is 15.5. The summed E-state index contributed by atoms with van der Waals surface area (Å²) < 4.78 is 40.7. The number of benzene rings is 2. The van der Waals surface area contributed by atoms with Crippen molar-refractivity contribution < 1.29 is 18.0 Å². The van der Waals surface area contributed by atoms with Gasteiger partial charge in [-0.3, -0.25) is 4.79 Å². The maximum Gasteiger partial charge on any atom is 0.416 e. The highest BCUT2D eigenvalue weighted by Crippen LogP contribution is 2.34. The number of hydrogen-bond donors (Lipinski definition) is 0. The van der Waals surface area contributed by atoms with Crippen LogP contribution in [0, 0.1) is 0 Å². The molecule has 0 aliphatic carbocycles. The minimum absolute atomic E-state index is 0.0140. The highest BCUT2D eigenvalue weighted by atomic mass is 35.5. The minimum atomic E-state index is -4.51. The third-order valence-electron chi connectivity index (χ3n) is 3.37. The fourth-order valence-electron chi connectivity index (χ4n) is 2.29. The number of aromatic nitrogens is 3. The zero-order valence-corrected chi connectivity index (χ0v) is 12.3. The molecule has 0 radical (unpaired) electrons. The number of carbonyl (C=O) groups excluding carboxylic acids is 1. The molecule has 0 spiro atoms. The lowest BCUT2D eigenvalue weighted by Crippen LogP contribution is -2.12. The van der Waals surface area contributed by atoms with Crippen LogP contribution in [-0.2, 0) is 12.7 Å². The molecule has 0 saturated carbocycles. The average molecular weight is 340 g/mol. The SMILES string of the molecule is O=Cc1ccc2c(c1)nnn2Cc1ccc(Cl)cc1C(F)(F)F. The molecule has 0 amide bonds. The quantitative estimate of drug-likeness (QED) is 0.678. The second kappa shape index (κ2) is 5.66. The van der Waals surface area contributed by atoms with Crippen molar-refractivity contribution >= 4 is 28.9 Å². The van der Waals surface area contributed by atoms with Crippen LogP contribution in [0.5, 0.6) is 0 Å². The predicted octanol–water partition coefficient (Wildman–Crippen LogP) is 3.96. The second-order valence-corrected chi connectivity index (χ2v) is 5.35. The monoisotopic (exact) mass is 339 g/mol. The average Bonchev–Trinajstić information content (AvgIpc) is 2.90. The molecule has 1 aromatic heterocycles. The van der Waals surface area contributed by atoms with Gasteiger partial charge in [0.1, 0.15) is 11.8 Å². The van der Waals surface area contributed by atoms with Crippen molar-refractivity contribution in [3.05, 3.63) is 58.1 Å². The lowest BCUT2D eigenvalue weighted by molar-refractivity contribution is -0.138. The van der Waals surface area contributed by atoms with Gasteiger partial charge >= 0.3 is 6.18 Å². The fourth-order valence-corrected chi connectivity index (χ4v) is 2.46. The standard InChI is InChI=1S/C15H9ClF3N3O/c16-11-3-2-10(12(6-11)15(17,18)19)7-22-14-4-1-9(8-23)5-13(14)20-21-22/h1-6,8H,7H2. The molecule has 23 heavy (non-hydrogen) atoms. The van der Waals surface area contributed by atoms with E-state index in [0.717, 1.165) is 6.07 Å². The summed E-state index contributed by atoms with van der Waals surface area (Å²) in [5.74, 6) is 0. The van der Waals surface area contributed by atoms with Crippen LogP contribution < -0.4 is 0 Å². The Hall–Kier alpha value is -2.41. The van der Waals surface area contributed by atoms with Crippen molar-refractivity contribution in [3.8, 4) is 0 Å². The Morgan fingerprint density at radius 2 is 1.96 bits per heavy atom. The maximum atomic E-state index is 13.1. The van der Waals surface area contributed by atoms with Crippen molar-refractivity contribution in [2.24, 2.45) is 0 Å². The lowest BCUT2D eigenvalue weighted by atomic mass is 10.1. The van der Waals surface area contributed by atoms with Gasteiger partial charge in [-0.15, -0.1) is 5.10 Å². The molecule has 0 aliphatic rings. The number of hydrogen-bond acceptors (Lipinski definition) is 3. The molecule has 2 aromatic carbocycles. The Labute approximate surface area is 133 Å². The van der Waals surface area contributed by atoms with E-state index in [4.69, 9.17) is 11.6 Å². The summed E-state index contributed by atoms with van der Waals surface area (Å²) in [6, 6.07) is 8.29. The van der Waals surface area contributed by atoms with Gasteiger partial charge in [-0.05, 0) is 35.9 Å². The summed E-state index contributed by atoms with van der Waals surface area (Å²) in [7, 11) is 0. The van der Waals surface area contributed by atoms with Crippen LogP contribution in [0.4, 0.5) is 13.2 Å². The summed E-state index contributed by atoms with van der Waals surface area (Å²) in [6.45, 7) is -0.108. The van der Waals surface area contributed by atoms with Gasteiger partial charge in [0.2, 0.25) is 0 Å². The normalized spacial score (nSPS) is 11.8. The zero-order valence-electron chi connectivity index (χ0n) is 11.5. The third-order valence-corrected chi connectivity index (χ3v) is 3.61. The summed E-state index contributed by atoms with van der Waals surface area (Å²) in [5, 5.41) is 7.76. The van der Waals surface area contributed by atoms with Crippen molar-refractivity contribution in [2.45, 2.75) is 12.7 Å². The van der Waals surface area contributed by atoms with Crippen LogP contribution in [0.3, 0.4) is 0 Å². The van der Waals surface area contributed by atoms with Crippen LogP contribution >= 0.6 is 11.6 Å². The fraction of sp³-hybridized carbons (Fsp3) is 0.133. The van der Waals surface area contributed by atoms with Crippen LogP contribution in [0.2, 0.25) is 5.02 Å². The number of alkyl halides is 3. The third kappa shape index (κ3) is 3.05. The van der Waals surface area contributed by atoms with Crippen molar-refractivity contribution in [1.82, 2.24) is 15.0 Å². The molecule has 1 heterocycles. The minimum Gasteiger partial charge on any atom is -0.298 e. The molecule has 3 aromatic rings. The van der Waals surface area contributed by atoms with Crippen LogP contribution in [0.15, 0.2) is 36.4 Å². The Morgan fingerprint density at radius 1 is 1.17 bits per heavy atom. The maximum absolute atomic E-state index is 13.1. The van der Waals surface area contributed by atoms with Crippen molar-refractivity contribution in [1.29, 1.82) is 0 Å². The smallest absolute Gasteiger partial charge is 0.298 e. The highest BCUT2D eigenvalue weighted by Gasteiger charge is 2.33. The predicted molar refractivity (Wildman–Crippen MR) is 78.5 cm³/mol. The Balaban J connectivity index is 2.04. The molecule has 0 atom stereocenters. The second-order valence-electron chi connectivity index (χ2n) is 4.91. The molecule has 118 valence electrons. The van der Waals surface area contributed by atoms with E-state index in [9.17, 15) is 18.0 Å². The van der Waals surface area contributed by atoms with Gasteiger partial charge in [0.15, 0.2) is 0 Å². The zero-order chi connectivity index (χ0) is 16.6. The molecule has 4 nitrogen and oxygen atoms in total. The first-order chi connectivity index (χ1) is 10.9. The van der Waals surface area contributed by atoms with Gasteiger partial charge in [-0.25, -0.2) is 4.68 Å². The topological polar surface area (TPSA) is 47.8 Å². The van der Waals surface area contributed by atoms with E-state index in [1.165, 1.54) is 22.9 Å². The first-order valence-corrected chi connectivity index (χ1v) is 6.90. The number of fused-ring (bicyclic) bond motifs is 1. The Kier molecular flexibility index (Phi) is 3.81. The van der Waals surface area contributed by atoms with Gasteiger partial charge in [0.25, 0.3) is 0 Å². The van der Waals surface area contributed by atoms with Gasteiger partial charge in [0, 0.05) is 10.6 Å². The summed E-state index contributed by atoms with van der Waals surface area (Å²) in [6.07, 6.45) is -3.85. The molecular weight excluding hydrogens is 331 g/mol. The van der Waals surface area contributed by atoms with Gasteiger partial charge in [-0.1, -0.05) is 22.9 Å². The van der Waals surface area contributed by atoms with Crippen molar-refractivity contribution in [3.63, 3.8) is 0 Å². The Morgan fingerprint density at radius 3 is 2.65 bits per heavy atom. The summed E-state index contributed by atoms with van der Waals surface area (Å²) >= 11 is 5.67.